The molecule has 0 spiro atoms. The molecule has 0 N–H and O–H groups in total. The van der Waals surface area contributed by atoms with E-state index in [4.69, 9.17) is 4.74 Å². The Bertz CT molecular complexity index is 543. The third-order valence-corrected chi connectivity index (χ3v) is 4.12. The molecule has 0 aromatic carbocycles. The number of carbonyl (C=O) groups excluding carboxylic acids is 1. The van der Waals surface area contributed by atoms with Crippen LogP contribution in [0.1, 0.15) is 22.5 Å². The first-order valence-electron chi connectivity index (χ1n) is 7.78. The first-order valence-corrected chi connectivity index (χ1v) is 7.78. The van der Waals surface area contributed by atoms with Crippen LogP contribution in [0.15, 0.2) is 6.20 Å². The van der Waals surface area contributed by atoms with Crippen LogP contribution < -0.4 is 4.90 Å². The zero-order valence-corrected chi connectivity index (χ0v) is 13.3. The van der Waals surface area contributed by atoms with Crippen molar-refractivity contribution in [2.45, 2.75) is 13.0 Å². The Labute approximate surface area is 130 Å². The number of hydrogen-bond acceptors (Lipinski definition) is 6. The maximum Gasteiger partial charge on any atom is 0.257 e. The van der Waals surface area contributed by atoms with Gasteiger partial charge < -0.3 is 14.5 Å². The van der Waals surface area contributed by atoms with Gasteiger partial charge in [0.05, 0.1) is 31.0 Å². The van der Waals surface area contributed by atoms with Crippen molar-refractivity contribution in [3.63, 3.8) is 0 Å². The molecule has 1 amide bonds. The number of ether oxygens (including phenoxy) is 1. The van der Waals surface area contributed by atoms with Gasteiger partial charge in [0, 0.05) is 46.5 Å². The Morgan fingerprint density at radius 2 is 2.05 bits per heavy atom. The van der Waals surface area contributed by atoms with Gasteiger partial charge in [-0.2, -0.15) is 0 Å². The summed E-state index contributed by atoms with van der Waals surface area (Å²) < 4.78 is 5.34. The van der Waals surface area contributed by atoms with Gasteiger partial charge in [0.1, 0.15) is 0 Å². The van der Waals surface area contributed by atoms with Crippen molar-refractivity contribution in [1.29, 1.82) is 0 Å². The molecular formula is C15H23N5O2. The van der Waals surface area contributed by atoms with Crippen molar-refractivity contribution in [3.8, 4) is 0 Å². The first kappa shape index (κ1) is 15.2. The molecule has 2 aliphatic rings. The molecule has 1 aromatic rings. The normalized spacial score (nSPS) is 18.6. The van der Waals surface area contributed by atoms with E-state index in [2.05, 4.69) is 14.9 Å². The molecule has 0 aliphatic carbocycles. The second-order valence-electron chi connectivity index (χ2n) is 5.96. The van der Waals surface area contributed by atoms with Crippen LogP contribution in [-0.2, 0) is 11.3 Å². The topological polar surface area (TPSA) is 61.8 Å². The van der Waals surface area contributed by atoms with Crippen LogP contribution in [-0.4, -0.2) is 79.2 Å². The molecule has 0 atom stereocenters. The van der Waals surface area contributed by atoms with Crippen LogP contribution in [0.5, 0.6) is 0 Å². The highest BCUT2D eigenvalue weighted by Crippen LogP contribution is 2.22. The third kappa shape index (κ3) is 3.20. The molecule has 2 aliphatic heterocycles. The number of fused-ring (bicyclic) bond motifs is 1. The number of morpholine rings is 1. The summed E-state index contributed by atoms with van der Waals surface area (Å²) in [5.74, 6) is 0.712. The first-order chi connectivity index (χ1) is 10.6. The number of amides is 1. The third-order valence-electron chi connectivity index (χ3n) is 4.12. The quantitative estimate of drug-likeness (QED) is 0.775. The van der Waals surface area contributed by atoms with Gasteiger partial charge in [0.15, 0.2) is 0 Å². The standard InChI is InChI=1S/C15H23N5O2/c1-18(2)15-16-10-12-13(17-15)11-20(14(12)21)5-3-4-19-6-8-22-9-7-19/h10H,3-9,11H2,1-2H3. The van der Waals surface area contributed by atoms with Crippen LogP contribution in [0.4, 0.5) is 5.95 Å². The van der Waals surface area contributed by atoms with Crippen LogP contribution in [0.2, 0.25) is 0 Å². The largest absolute Gasteiger partial charge is 0.379 e. The van der Waals surface area contributed by atoms with Gasteiger partial charge in [-0.3, -0.25) is 9.69 Å². The lowest BCUT2D eigenvalue weighted by molar-refractivity contribution is 0.0358. The monoisotopic (exact) mass is 305 g/mol. The van der Waals surface area contributed by atoms with Gasteiger partial charge in [-0.1, -0.05) is 0 Å². The molecular weight excluding hydrogens is 282 g/mol. The predicted molar refractivity (Wildman–Crippen MR) is 83.0 cm³/mol. The minimum Gasteiger partial charge on any atom is -0.379 e. The molecule has 3 heterocycles. The Balaban J connectivity index is 1.54. The van der Waals surface area contributed by atoms with Crippen molar-refractivity contribution < 1.29 is 9.53 Å². The molecule has 0 unspecified atom stereocenters. The molecule has 0 bridgehead atoms. The van der Waals surface area contributed by atoms with Crippen molar-refractivity contribution in [2.75, 3.05) is 58.4 Å². The van der Waals surface area contributed by atoms with Crippen LogP contribution in [0.25, 0.3) is 0 Å². The lowest BCUT2D eigenvalue weighted by Crippen LogP contribution is -2.38. The number of hydrogen-bond donors (Lipinski definition) is 0. The number of anilines is 1. The van der Waals surface area contributed by atoms with Gasteiger partial charge in [0.25, 0.3) is 5.91 Å². The summed E-state index contributed by atoms with van der Waals surface area (Å²) in [5, 5.41) is 0. The molecule has 3 rings (SSSR count). The van der Waals surface area contributed by atoms with Crippen molar-refractivity contribution in [2.24, 2.45) is 0 Å². The fraction of sp³-hybridized carbons (Fsp3) is 0.667. The molecule has 7 nitrogen and oxygen atoms in total. The maximum absolute atomic E-state index is 12.4. The molecule has 1 aromatic heterocycles. The zero-order chi connectivity index (χ0) is 15.5. The van der Waals surface area contributed by atoms with Gasteiger partial charge in [-0.15, -0.1) is 0 Å². The highest BCUT2D eigenvalue weighted by molar-refractivity contribution is 5.97. The Morgan fingerprint density at radius 3 is 2.77 bits per heavy atom. The summed E-state index contributed by atoms with van der Waals surface area (Å²) in [6.45, 7) is 5.99. The molecule has 0 saturated carbocycles. The molecule has 120 valence electrons. The minimum atomic E-state index is 0.0577. The Hall–Kier alpha value is -1.73. The number of carbonyl (C=O) groups is 1. The summed E-state index contributed by atoms with van der Waals surface area (Å²) in [6, 6.07) is 0. The van der Waals surface area contributed by atoms with E-state index in [9.17, 15) is 4.79 Å². The lowest BCUT2D eigenvalue weighted by atomic mass is 10.3. The second kappa shape index (κ2) is 6.58. The van der Waals surface area contributed by atoms with Crippen LogP contribution in [0.3, 0.4) is 0 Å². The molecule has 0 radical (unpaired) electrons. The fourth-order valence-electron chi connectivity index (χ4n) is 2.83. The van der Waals surface area contributed by atoms with Gasteiger partial charge in [-0.25, -0.2) is 9.97 Å². The number of rotatable bonds is 5. The summed E-state index contributed by atoms with van der Waals surface area (Å²) in [5.41, 5.74) is 1.49. The summed E-state index contributed by atoms with van der Waals surface area (Å²) >= 11 is 0. The number of aromatic nitrogens is 2. The van der Waals surface area contributed by atoms with E-state index in [0.29, 0.717) is 18.1 Å². The van der Waals surface area contributed by atoms with Crippen molar-refractivity contribution in [1.82, 2.24) is 19.8 Å². The smallest absolute Gasteiger partial charge is 0.257 e. The Kier molecular flexibility index (Phi) is 4.54. The van der Waals surface area contributed by atoms with Gasteiger partial charge >= 0.3 is 0 Å². The maximum atomic E-state index is 12.4. The second-order valence-corrected chi connectivity index (χ2v) is 5.96. The van der Waals surface area contributed by atoms with E-state index in [1.807, 2.05) is 23.9 Å². The van der Waals surface area contributed by atoms with Gasteiger partial charge in [0.2, 0.25) is 5.95 Å². The SMILES string of the molecule is CN(C)c1ncc2c(n1)CN(CCCN1CCOCC1)C2=O. The highest BCUT2D eigenvalue weighted by Gasteiger charge is 2.29. The summed E-state index contributed by atoms with van der Waals surface area (Å²) in [7, 11) is 3.80. The van der Waals surface area contributed by atoms with E-state index < -0.39 is 0 Å². The molecule has 1 saturated heterocycles. The van der Waals surface area contributed by atoms with E-state index in [1.54, 1.807) is 6.20 Å². The van der Waals surface area contributed by atoms with E-state index in [-0.39, 0.29) is 5.91 Å². The minimum absolute atomic E-state index is 0.0577. The predicted octanol–water partition coefficient (Wildman–Crippen LogP) is 0.221. The van der Waals surface area contributed by atoms with E-state index >= 15 is 0 Å². The van der Waals surface area contributed by atoms with Crippen molar-refractivity contribution >= 4 is 11.9 Å². The fourth-order valence-corrected chi connectivity index (χ4v) is 2.83. The van der Waals surface area contributed by atoms with Gasteiger partial charge in [-0.05, 0) is 6.42 Å². The lowest BCUT2D eigenvalue weighted by Gasteiger charge is -2.27. The average Bonchev–Trinajstić information content (AvgIpc) is 2.84. The van der Waals surface area contributed by atoms with Crippen LogP contribution in [0, 0.1) is 0 Å². The average molecular weight is 305 g/mol. The summed E-state index contributed by atoms with van der Waals surface area (Å²) in [6.07, 6.45) is 2.63. The van der Waals surface area contributed by atoms with Crippen molar-refractivity contribution in [3.05, 3.63) is 17.5 Å². The van der Waals surface area contributed by atoms with E-state index in [0.717, 1.165) is 51.5 Å². The number of nitrogens with zero attached hydrogens (tertiary/aromatic N) is 5. The van der Waals surface area contributed by atoms with E-state index in [1.165, 1.54) is 0 Å². The summed E-state index contributed by atoms with van der Waals surface area (Å²) in [4.78, 5) is 27.2. The molecule has 22 heavy (non-hydrogen) atoms. The Morgan fingerprint density at radius 1 is 1.27 bits per heavy atom. The molecule has 1 fully saturated rings. The molecule has 7 heteroatoms. The van der Waals surface area contributed by atoms with Crippen LogP contribution >= 0.6 is 0 Å². The zero-order valence-electron chi connectivity index (χ0n) is 13.3. The highest BCUT2D eigenvalue weighted by atomic mass is 16.5.